The number of hydrogen-bond acceptors (Lipinski definition) is 6. The molecule has 2 atom stereocenters. The van der Waals surface area contributed by atoms with E-state index in [-0.39, 0.29) is 10.6 Å². The lowest BCUT2D eigenvalue weighted by Gasteiger charge is -2.27. The van der Waals surface area contributed by atoms with E-state index in [4.69, 9.17) is 17.3 Å². The Balaban J connectivity index is 2.66. The van der Waals surface area contributed by atoms with Gasteiger partial charge in [0.1, 0.15) is 6.04 Å². The van der Waals surface area contributed by atoms with Crippen LogP contribution >= 0.6 is 11.6 Å². The molecule has 0 aliphatic carbocycles. The molecule has 2 unspecified atom stereocenters. The SMILES string of the molecule is COC(=O)C(N)C1(C[N+](=O)[O-])C(=O)Nc2ccc(Cl)cc21. The molecule has 1 aromatic rings. The van der Waals surface area contributed by atoms with Crippen LogP contribution in [0.15, 0.2) is 18.2 Å². The van der Waals surface area contributed by atoms with Crippen LogP contribution in [0.25, 0.3) is 0 Å². The van der Waals surface area contributed by atoms with Gasteiger partial charge in [0.05, 0.1) is 7.11 Å². The third-order valence-electron chi connectivity index (χ3n) is 3.48. The number of nitrogens with one attached hydrogen (secondary N) is 1. The first-order valence-corrected chi connectivity index (χ1v) is 6.27. The summed E-state index contributed by atoms with van der Waals surface area (Å²) < 4.78 is 4.53. The van der Waals surface area contributed by atoms with Crippen molar-refractivity contribution in [3.63, 3.8) is 0 Å². The minimum Gasteiger partial charge on any atom is -0.468 e. The van der Waals surface area contributed by atoms with Crippen molar-refractivity contribution in [2.24, 2.45) is 5.73 Å². The number of nitro groups is 1. The quantitative estimate of drug-likeness (QED) is 0.468. The summed E-state index contributed by atoms with van der Waals surface area (Å²) >= 11 is 5.89. The van der Waals surface area contributed by atoms with Crippen molar-refractivity contribution in [1.82, 2.24) is 0 Å². The number of halogens is 1. The Labute approximate surface area is 124 Å². The maximum atomic E-state index is 12.3. The second-order valence-corrected chi connectivity index (χ2v) is 5.04. The summed E-state index contributed by atoms with van der Waals surface area (Å²) in [4.78, 5) is 34.4. The number of ether oxygens (including phenoxy) is 1. The van der Waals surface area contributed by atoms with Gasteiger partial charge in [0.25, 0.3) is 0 Å². The van der Waals surface area contributed by atoms with E-state index in [1.807, 2.05) is 0 Å². The molecule has 0 saturated carbocycles. The first-order chi connectivity index (χ1) is 9.82. The Bertz CT molecular complexity index is 635. The van der Waals surface area contributed by atoms with Gasteiger partial charge in [0.15, 0.2) is 5.41 Å². The van der Waals surface area contributed by atoms with Crippen LogP contribution in [0, 0.1) is 10.1 Å². The summed E-state index contributed by atoms with van der Waals surface area (Å²) in [7, 11) is 1.09. The third kappa shape index (κ3) is 2.32. The van der Waals surface area contributed by atoms with Crippen molar-refractivity contribution in [3.8, 4) is 0 Å². The summed E-state index contributed by atoms with van der Waals surface area (Å²) in [5.74, 6) is -1.64. The number of amides is 1. The number of esters is 1. The minimum absolute atomic E-state index is 0.217. The molecule has 0 bridgehead atoms. The molecule has 1 amide bonds. The molecule has 8 nitrogen and oxygen atoms in total. The van der Waals surface area contributed by atoms with Crippen molar-refractivity contribution in [1.29, 1.82) is 0 Å². The molecule has 0 saturated heterocycles. The van der Waals surface area contributed by atoms with Crippen molar-refractivity contribution >= 4 is 29.2 Å². The van der Waals surface area contributed by atoms with Crippen molar-refractivity contribution < 1.29 is 19.2 Å². The van der Waals surface area contributed by atoms with Gasteiger partial charge < -0.3 is 15.8 Å². The number of benzene rings is 1. The van der Waals surface area contributed by atoms with E-state index in [0.29, 0.717) is 5.69 Å². The van der Waals surface area contributed by atoms with Gasteiger partial charge in [-0.15, -0.1) is 0 Å². The Hall–Kier alpha value is -2.19. The predicted molar refractivity (Wildman–Crippen MR) is 73.6 cm³/mol. The van der Waals surface area contributed by atoms with Crippen LogP contribution in [-0.4, -0.2) is 36.5 Å². The topological polar surface area (TPSA) is 125 Å². The summed E-state index contributed by atoms with van der Waals surface area (Å²) in [5.41, 5.74) is 4.49. The van der Waals surface area contributed by atoms with E-state index in [9.17, 15) is 19.7 Å². The highest BCUT2D eigenvalue weighted by molar-refractivity contribution is 6.31. The molecule has 1 heterocycles. The molecule has 1 aromatic carbocycles. The van der Waals surface area contributed by atoms with Gasteiger partial charge in [-0.05, 0) is 18.2 Å². The molecule has 0 radical (unpaired) electrons. The fourth-order valence-electron chi connectivity index (χ4n) is 2.45. The maximum Gasteiger partial charge on any atom is 0.324 e. The number of rotatable bonds is 4. The highest BCUT2D eigenvalue weighted by Gasteiger charge is 2.58. The van der Waals surface area contributed by atoms with Crippen LogP contribution in [0.4, 0.5) is 5.69 Å². The van der Waals surface area contributed by atoms with Crippen LogP contribution in [0.1, 0.15) is 5.56 Å². The lowest BCUT2D eigenvalue weighted by atomic mass is 9.75. The van der Waals surface area contributed by atoms with Crippen molar-refractivity contribution in [2.75, 3.05) is 19.0 Å². The van der Waals surface area contributed by atoms with E-state index >= 15 is 0 Å². The summed E-state index contributed by atoms with van der Waals surface area (Å²) in [6.45, 7) is -0.845. The first-order valence-electron chi connectivity index (χ1n) is 5.89. The second kappa shape index (κ2) is 5.30. The zero-order chi connectivity index (χ0) is 15.8. The number of nitrogens with two attached hydrogens (primary N) is 1. The van der Waals surface area contributed by atoms with Crippen LogP contribution in [0.3, 0.4) is 0 Å². The lowest BCUT2D eigenvalue weighted by molar-refractivity contribution is -0.488. The van der Waals surface area contributed by atoms with E-state index in [1.165, 1.54) is 18.2 Å². The molecule has 9 heteroatoms. The molecule has 3 N–H and O–H groups in total. The molecular weight excluding hydrogens is 302 g/mol. The normalized spacial score (nSPS) is 21.4. The number of carbonyl (C=O) groups is 2. The van der Waals surface area contributed by atoms with Gasteiger partial charge >= 0.3 is 5.97 Å². The number of hydrogen-bond donors (Lipinski definition) is 2. The van der Waals surface area contributed by atoms with Gasteiger partial charge in [-0.3, -0.25) is 19.7 Å². The Morgan fingerprint density at radius 3 is 2.86 bits per heavy atom. The number of carbonyl (C=O) groups excluding carboxylic acids is 2. The van der Waals surface area contributed by atoms with E-state index in [2.05, 4.69) is 10.1 Å². The Kier molecular flexibility index (Phi) is 3.84. The van der Waals surface area contributed by atoms with Crippen LogP contribution < -0.4 is 11.1 Å². The second-order valence-electron chi connectivity index (χ2n) is 4.61. The average molecular weight is 314 g/mol. The lowest BCUT2D eigenvalue weighted by Crippen LogP contribution is -2.58. The first kappa shape index (κ1) is 15.2. The number of anilines is 1. The smallest absolute Gasteiger partial charge is 0.324 e. The molecule has 21 heavy (non-hydrogen) atoms. The standard InChI is InChI=1S/C12H12ClN3O5/c1-21-10(17)9(14)12(5-16(19)20)7-4-6(13)2-3-8(7)15-11(12)18/h2-4,9H,5,14H2,1H3,(H,15,18). The molecule has 2 rings (SSSR count). The van der Waals surface area contributed by atoms with Gasteiger partial charge in [0.2, 0.25) is 12.5 Å². The molecule has 0 fully saturated rings. The molecule has 1 aliphatic heterocycles. The molecule has 0 aromatic heterocycles. The fraction of sp³-hybridized carbons (Fsp3) is 0.333. The van der Waals surface area contributed by atoms with Crippen molar-refractivity contribution in [2.45, 2.75) is 11.5 Å². The Morgan fingerprint density at radius 1 is 1.62 bits per heavy atom. The predicted octanol–water partition coefficient (Wildman–Crippen LogP) is 0.307. The average Bonchev–Trinajstić information content (AvgIpc) is 2.70. The van der Waals surface area contributed by atoms with E-state index < -0.39 is 34.8 Å². The van der Waals surface area contributed by atoms with E-state index in [0.717, 1.165) is 7.11 Å². The molecule has 0 spiro atoms. The van der Waals surface area contributed by atoms with Gasteiger partial charge in [-0.2, -0.15) is 0 Å². The number of fused-ring (bicyclic) bond motifs is 1. The van der Waals surface area contributed by atoms with Gasteiger partial charge in [-0.1, -0.05) is 11.6 Å². The highest BCUT2D eigenvalue weighted by atomic mass is 35.5. The fourth-order valence-corrected chi connectivity index (χ4v) is 2.62. The zero-order valence-corrected chi connectivity index (χ0v) is 11.7. The Morgan fingerprint density at radius 2 is 2.29 bits per heavy atom. The van der Waals surface area contributed by atoms with Crippen molar-refractivity contribution in [3.05, 3.63) is 38.9 Å². The van der Waals surface area contributed by atoms with Crippen LogP contribution in [0.2, 0.25) is 5.02 Å². The molecule has 112 valence electrons. The number of nitrogens with zero attached hydrogens (tertiary/aromatic N) is 1. The minimum atomic E-state index is -1.85. The zero-order valence-electron chi connectivity index (χ0n) is 11.0. The number of methoxy groups -OCH3 is 1. The molecular formula is C12H12ClN3O5. The largest absolute Gasteiger partial charge is 0.468 e. The summed E-state index contributed by atoms with van der Waals surface area (Å²) in [6.07, 6.45) is 0. The summed E-state index contributed by atoms with van der Waals surface area (Å²) in [6, 6.07) is 2.89. The maximum absolute atomic E-state index is 12.3. The van der Waals surface area contributed by atoms with Crippen LogP contribution in [0.5, 0.6) is 0 Å². The van der Waals surface area contributed by atoms with Gasteiger partial charge in [-0.25, -0.2) is 0 Å². The highest BCUT2D eigenvalue weighted by Crippen LogP contribution is 2.41. The third-order valence-corrected chi connectivity index (χ3v) is 3.72. The van der Waals surface area contributed by atoms with E-state index in [1.54, 1.807) is 0 Å². The van der Waals surface area contributed by atoms with Crippen LogP contribution in [-0.2, 0) is 19.7 Å². The van der Waals surface area contributed by atoms with Gasteiger partial charge in [0, 0.05) is 21.2 Å². The monoisotopic (exact) mass is 313 g/mol. The molecule has 1 aliphatic rings. The summed E-state index contributed by atoms with van der Waals surface area (Å²) in [5, 5.41) is 13.8.